The average Bonchev–Trinajstić information content (AvgIpc) is 3.18. The van der Waals surface area contributed by atoms with Crippen molar-refractivity contribution in [2.45, 2.75) is 58.3 Å². The SMILES string of the molecule is CCC1c2ccccc2N2c3ncccc3N(c3ccccc3C(F)(F)F)C2C1(CC)CC. The van der Waals surface area contributed by atoms with E-state index in [9.17, 15) is 13.2 Å². The molecule has 3 heterocycles. The van der Waals surface area contributed by atoms with E-state index in [0.29, 0.717) is 5.82 Å². The van der Waals surface area contributed by atoms with E-state index in [0.717, 1.165) is 30.6 Å². The van der Waals surface area contributed by atoms with Crippen molar-refractivity contribution in [3.63, 3.8) is 0 Å². The Kier molecular flexibility index (Phi) is 5.15. The molecule has 2 unspecified atom stereocenters. The Bertz CT molecular complexity index is 1170. The smallest absolute Gasteiger partial charge is 0.316 e. The highest BCUT2D eigenvalue weighted by Gasteiger charge is 2.57. The Morgan fingerprint density at radius 1 is 0.818 bits per heavy atom. The third-order valence-electron chi connectivity index (χ3n) is 7.72. The fraction of sp³-hybridized carbons (Fsp3) is 0.370. The molecule has 2 aliphatic rings. The first kappa shape index (κ1) is 21.8. The van der Waals surface area contributed by atoms with Gasteiger partial charge in [0.1, 0.15) is 6.17 Å². The summed E-state index contributed by atoms with van der Waals surface area (Å²) in [6.07, 6.45) is -0.429. The highest BCUT2D eigenvalue weighted by molar-refractivity contribution is 5.89. The number of nitrogens with zero attached hydrogens (tertiary/aromatic N) is 3. The summed E-state index contributed by atoms with van der Waals surface area (Å²) in [6, 6.07) is 18.0. The standard InChI is InChI=1S/C27H28F3N3/c1-4-19-18-12-7-9-14-21(18)33-24-23(16-11-17-31-24)32(25(33)26(19,5-2)6-3)22-15-10-8-13-20(22)27(28,29)30/h7-17,19,25H,4-6H2,1-3H3. The molecule has 0 radical (unpaired) electrons. The first-order chi connectivity index (χ1) is 15.9. The van der Waals surface area contributed by atoms with Crippen LogP contribution in [0.3, 0.4) is 0 Å². The second-order valence-corrected chi connectivity index (χ2v) is 8.93. The number of anilines is 4. The minimum Gasteiger partial charge on any atom is -0.316 e. The lowest BCUT2D eigenvalue weighted by Crippen LogP contribution is -2.57. The maximum atomic E-state index is 14.2. The van der Waals surface area contributed by atoms with Crippen LogP contribution in [-0.2, 0) is 6.18 Å². The largest absolute Gasteiger partial charge is 0.418 e. The van der Waals surface area contributed by atoms with E-state index in [1.54, 1.807) is 18.3 Å². The number of alkyl halides is 3. The summed E-state index contributed by atoms with van der Waals surface area (Å²) in [7, 11) is 0. The van der Waals surface area contributed by atoms with Gasteiger partial charge in [0.2, 0.25) is 0 Å². The minimum atomic E-state index is -4.45. The van der Waals surface area contributed by atoms with Crippen LogP contribution in [0.15, 0.2) is 66.9 Å². The maximum absolute atomic E-state index is 14.2. The summed E-state index contributed by atoms with van der Waals surface area (Å²) < 4.78 is 42.6. The fourth-order valence-corrected chi connectivity index (χ4v) is 6.30. The van der Waals surface area contributed by atoms with E-state index in [1.807, 2.05) is 23.1 Å². The van der Waals surface area contributed by atoms with Crippen LogP contribution in [0.5, 0.6) is 0 Å². The monoisotopic (exact) mass is 451 g/mol. The van der Waals surface area contributed by atoms with Crippen LogP contribution >= 0.6 is 0 Å². The molecule has 1 aromatic heterocycles. The molecule has 172 valence electrons. The normalized spacial score (nSPS) is 20.9. The molecule has 2 aromatic carbocycles. The van der Waals surface area contributed by atoms with Gasteiger partial charge < -0.3 is 9.80 Å². The van der Waals surface area contributed by atoms with Crippen molar-refractivity contribution in [3.05, 3.63) is 78.0 Å². The van der Waals surface area contributed by atoms with Gasteiger partial charge in [0.15, 0.2) is 5.82 Å². The number of benzene rings is 2. The van der Waals surface area contributed by atoms with Gasteiger partial charge >= 0.3 is 6.18 Å². The van der Waals surface area contributed by atoms with Crippen molar-refractivity contribution in [1.29, 1.82) is 0 Å². The number of hydrogen-bond acceptors (Lipinski definition) is 3. The van der Waals surface area contributed by atoms with Crippen LogP contribution in [-0.4, -0.2) is 11.1 Å². The zero-order chi connectivity index (χ0) is 23.4. The Morgan fingerprint density at radius 2 is 1.45 bits per heavy atom. The van der Waals surface area contributed by atoms with Gasteiger partial charge in [-0.1, -0.05) is 51.1 Å². The topological polar surface area (TPSA) is 19.4 Å². The molecule has 5 rings (SSSR count). The molecule has 2 aliphatic heterocycles. The van der Waals surface area contributed by atoms with E-state index in [4.69, 9.17) is 4.98 Å². The number of pyridine rings is 1. The summed E-state index contributed by atoms with van der Waals surface area (Å²) in [5.74, 6) is 0.938. The van der Waals surface area contributed by atoms with E-state index < -0.39 is 11.7 Å². The number of para-hydroxylation sites is 2. The van der Waals surface area contributed by atoms with Crippen LogP contribution in [0.25, 0.3) is 0 Å². The van der Waals surface area contributed by atoms with Crippen LogP contribution < -0.4 is 9.80 Å². The van der Waals surface area contributed by atoms with Gasteiger partial charge in [0, 0.05) is 17.3 Å². The molecule has 3 nitrogen and oxygen atoms in total. The van der Waals surface area contributed by atoms with Crippen LogP contribution in [0, 0.1) is 5.41 Å². The van der Waals surface area contributed by atoms with Crippen molar-refractivity contribution in [2.75, 3.05) is 9.80 Å². The molecule has 33 heavy (non-hydrogen) atoms. The van der Waals surface area contributed by atoms with Crippen molar-refractivity contribution in [2.24, 2.45) is 5.41 Å². The Hall–Kier alpha value is -3.02. The number of halogens is 3. The van der Waals surface area contributed by atoms with Crippen molar-refractivity contribution in [1.82, 2.24) is 4.98 Å². The number of rotatable bonds is 4. The average molecular weight is 452 g/mol. The van der Waals surface area contributed by atoms with Crippen LogP contribution in [0.2, 0.25) is 0 Å². The third-order valence-corrected chi connectivity index (χ3v) is 7.72. The maximum Gasteiger partial charge on any atom is 0.418 e. The summed E-state index contributed by atoms with van der Waals surface area (Å²) in [5, 5.41) is 0. The molecule has 0 amide bonds. The molecule has 0 saturated carbocycles. The van der Waals surface area contributed by atoms with E-state index in [1.165, 1.54) is 17.7 Å². The molecule has 0 N–H and O–H groups in total. The lowest BCUT2D eigenvalue weighted by molar-refractivity contribution is -0.137. The molecule has 0 aliphatic carbocycles. The predicted octanol–water partition coefficient (Wildman–Crippen LogP) is 8.03. The van der Waals surface area contributed by atoms with Crippen molar-refractivity contribution in [3.8, 4) is 0 Å². The first-order valence-corrected chi connectivity index (χ1v) is 11.7. The van der Waals surface area contributed by atoms with Gasteiger partial charge in [-0.15, -0.1) is 0 Å². The molecule has 0 saturated heterocycles. The Morgan fingerprint density at radius 3 is 2.12 bits per heavy atom. The third kappa shape index (κ3) is 2.99. The Labute approximate surface area is 192 Å². The number of hydrogen-bond donors (Lipinski definition) is 0. The Balaban J connectivity index is 1.86. The summed E-state index contributed by atoms with van der Waals surface area (Å²) in [6.45, 7) is 6.52. The second-order valence-electron chi connectivity index (χ2n) is 8.93. The van der Waals surface area contributed by atoms with Crippen molar-refractivity contribution < 1.29 is 13.2 Å². The van der Waals surface area contributed by atoms with Gasteiger partial charge in [-0.25, -0.2) is 4.98 Å². The molecular weight excluding hydrogens is 423 g/mol. The molecule has 3 aromatic rings. The lowest BCUT2D eigenvalue weighted by atomic mass is 9.62. The van der Waals surface area contributed by atoms with Gasteiger partial charge in [0.25, 0.3) is 0 Å². The summed E-state index contributed by atoms with van der Waals surface area (Å²) in [5.41, 5.74) is 2.32. The number of fused-ring (bicyclic) bond motifs is 5. The van der Waals surface area contributed by atoms with Crippen LogP contribution in [0.4, 0.5) is 36.1 Å². The zero-order valence-corrected chi connectivity index (χ0v) is 19.1. The van der Waals surface area contributed by atoms with Gasteiger partial charge in [0.05, 0.1) is 16.9 Å². The molecule has 2 atom stereocenters. The molecule has 0 spiro atoms. The second kappa shape index (κ2) is 7.79. The predicted molar refractivity (Wildman–Crippen MR) is 126 cm³/mol. The van der Waals surface area contributed by atoms with E-state index in [-0.39, 0.29) is 23.2 Å². The lowest BCUT2D eigenvalue weighted by Gasteiger charge is -2.55. The van der Waals surface area contributed by atoms with Gasteiger partial charge in [-0.3, -0.25) is 0 Å². The minimum absolute atomic E-state index is 0.187. The van der Waals surface area contributed by atoms with Gasteiger partial charge in [-0.2, -0.15) is 13.2 Å². The highest BCUT2D eigenvalue weighted by atomic mass is 19.4. The summed E-state index contributed by atoms with van der Waals surface area (Å²) >= 11 is 0. The van der Waals surface area contributed by atoms with Crippen LogP contribution in [0.1, 0.15) is 57.1 Å². The fourth-order valence-electron chi connectivity index (χ4n) is 6.30. The molecule has 6 heteroatoms. The first-order valence-electron chi connectivity index (χ1n) is 11.7. The van der Waals surface area contributed by atoms with Gasteiger partial charge in [-0.05, 0) is 61.1 Å². The molecular formula is C27H28F3N3. The van der Waals surface area contributed by atoms with E-state index >= 15 is 0 Å². The highest BCUT2D eigenvalue weighted by Crippen LogP contribution is 2.63. The zero-order valence-electron chi connectivity index (χ0n) is 19.1. The quantitative estimate of drug-likeness (QED) is 0.400. The molecule has 0 fully saturated rings. The van der Waals surface area contributed by atoms with E-state index in [2.05, 4.69) is 43.9 Å². The summed E-state index contributed by atoms with van der Waals surface area (Å²) in [4.78, 5) is 8.80. The van der Waals surface area contributed by atoms with Crippen molar-refractivity contribution >= 4 is 22.9 Å². The number of aromatic nitrogens is 1. The molecule has 0 bridgehead atoms.